The van der Waals surface area contributed by atoms with Gasteiger partial charge in [0.05, 0.1) is 0 Å². The number of hydrogen-bond donors (Lipinski definition) is 1. The van der Waals surface area contributed by atoms with E-state index in [0.717, 1.165) is 0 Å². The summed E-state index contributed by atoms with van der Waals surface area (Å²) in [6, 6.07) is 4.72. The van der Waals surface area contributed by atoms with Crippen molar-refractivity contribution in [2.75, 3.05) is 0 Å². The predicted molar refractivity (Wildman–Crippen MR) is 32.4 cm³/mol. The fourth-order valence-corrected chi connectivity index (χ4v) is 0.755. The summed E-state index contributed by atoms with van der Waals surface area (Å²) in [5.74, 6) is -0.262. The van der Waals surface area contributed by atoms with Crippen LogP contribution in [0.1, 0.15) is 0 Å². The third-order valence-corrected chi connectivity index (χ3v) is 1.13. The molecule has 2 nitrogen and oxygen atoms in total. The van der Waals surface area contributed by atoms with Gasteiger partial charge in [-0.25, -0.2) is 4.39 Å². The van der Waals surface area contributed by atoms with E-state index in [1.165, 1.54) is 6.07 Å². The molecule has 3 heteroatoms. The summed E-state index contributed by atoms with van der Waals surface area (Å²) >= 11 is 0. The van der Waals surface area contributed by atoms with Gasteiger partial charge in [0.25, 0.3) is 0 Å². The van der Waals surface area contributed by atoms with Crippen LogP contribution >= 0.6 is 0 Å². The molecule has 0 fully saturated rings. The molecular weight excluding hydrogens is 121 g/mol. The minimum atomic E-state index is -0.262. The number of halogens is 1. The highest BCUT2D eigenvalue weighted by atomic mass is 19.1. The molecule has 2 aromatic rings. The highest BCUT2D eigenvalue weighted by Gasteiger charge is 2.03. The van der Waals surface area contributed by atoms with Crippen LogP contribution in [0.5, 0.6) is 0 Å². The van der Waals surface area contributed by atoms with E-state index >= 15 is 0 Å². The van der Waals surface area contributed by atoms with E-state index in [0.29, 0.717) is 11.2 Å². The van der Waals surface area contributed by atoms with Crippen molar-refractivity contribution >= 4 is 11.2 Å². The van der Waals surface area contributed by atoms with Crippen molar-refractivity contribution in [1.29, 1.82) is 0 Å². The zero-order valence-electron chi connectivity index (χ0n) is 4.73. The van der Waals surface area contributed by atoms with Gasteiger partial charge >= 0.3 is 0 Å². The second kappa shape index (κ2) is 1.70. The first kappa shape index (κ1) is 6.04. The molecule has 0 unspecified atom stereocenters. The molecule has 48 valence electrons. The quantitative estimate of drug-likeness (QED) is 0.589. The molecule has 0 atom stereocenters. The van der Waals surface area contributed by atoms with Crippen molar-refractivity contribution in [1.82, 2.24) is 6.15 Å². The van der Waals surface area contributed by atoms with E-state index in [2.05, 4.69) is 0 Å². The third-order valence-electron chi connectivity index (χ3n) is 1.13. The Bertz CT molecular complexity index is 291. The van der Waals surface area contributed by atoms with E-state index in [1.807, 2.05) is 0 Å². The van der Waals surface area contributed by atoms with Gasteiger partial charge in [-0.2, -0.15) is 0 Å². The molecule has 0 aromatic carbocycles. The van der Waals surface area contributed by atoms with Gasteiger partial charge in [0.2, 0.25) is 0 Å². The fraction of sp³-hybridized carbons (Fsp3) is 0. The Balaban J connectivity index is 0.000000405. The maximum Gasteiger partial charge on any atom is 0.169 e. The van der Waals surface area contributed by atoms with Crippen LogP contribution in [0.2, 0.25) is 0 Å². The molecule has 3 N–H and O–H groups in total. The van der Waals surface area contributed by atoms with Crippen LogP contribution in [0.25, 0.3) is 11.2 Å². The van der Waals surface area contributed by atoms with Crippen LogP contribution in [0.15, 0.2) is 22.6 Å². The maximum absolute atomic E-state index is 12.2. The summed E-state index contributed by atoms with van der Waals surface area (Å²) in [5, 5.41) is 0. The van der Waals surface area contributed by atoms with Gasteiger partial charge in [-0.05, 0) is 12.1 Å². The molecule has 0 aliphatic heterocycles. The normalized spacial score (nSPS) is 9.89. The minimum absolute atomic E-state index is 0. The number of furan rings is 2. The van der Waals surface area contributed by atoms with Crippen molar-refractivity contribution in [2.24, 2.45) is 0 Å². The van der Waals surface area contributed by atoms with Crippen LogP contribution in [0, 0.1) is 5.82 Å². The highest BCUT2D eigenvalue weighted by Crippen LogP contribution is 2.19. The van der Waals surface area contributed by atoms with Crippen molar-refractivity contribution in [3.8, 4) is 0 Å². The van der Waals surface area contributed by atoms with Gasteiger partial charge in [-0.3, -0.25) is 0 Å². The number of hydrogen-bond acceptors (Lipinski definition) is 2. The molecule has 9 heavy (non-hydrogen) atoms. The Hall–Kier alpha value is -1.09. The van der Waals surface area contributed by atoms with Crippen LogP contribution in [0.4, 0.5) is 4.39 Å². The summed E-state index contributed by atoms with van der Waals surface area (Å²) in [5.41, 5.74) is 0.956. The summed E-state index contributed by atoms with van der Waals surface area (Å²) in [6.07, 6.45) is 0. The predicted octanol–water partition coefficient (Wildman–Crippen LogP) is 2.17. The first-order chi connectivity index (χ1) is 3.86. The summed E-state index contributed by atoms with van der Waals surface area (Å²) in [7, 11) is 0. The Labute approximate surface area is 51.2 Å². The lowest BCUT2D eigenvalue weighted by Crippen LogP contribution is -1.61. The average Bonchev–Trinajstić information content (AvgIpc) is 2.23. The minimum Gasteiger partial charge on any atom is -0.454 e. The van der Waals surface area contributed by atoms with E-state index in [9.17, 15) is 4.39 Å². The SMILES string of the molecule is Fc1cc2ccc1o2.N. The van der Waals surface area contributed by atoms with E-state index in [-0.39, 0.29) is 12.0 Å². The van der Waals surface area contributed by atoms with Crippen LogP contribution < -0.4 is 6.15 Å². The van der Waals surface area contributed by atoms with Crippen LogP contribution in [-0.4, -0.2) is 0 Å². The number of rotatable bonds is 0. The standard InChI is InChI=1S/C6H3FO.H3N/c7-5-3-4-1-2-6(5)8-4;/h1-3H;1H3. The lowest BCUT2D eigenvalue weighted by molar-refractivity contribution is 0.608. The molecule has 0 amide bonds. The second-order valence-corrected chi connectivity index (χ2v) is 1.69. The molecular formula is C6H6FNO. The monoisotopic (exact) mass is 127 g/mol. The van der Waals surface area contributed by atoms with E-state index < -0.39 is 0 Å². The Morgan fingerprint density at radius 3 is 2.33 bits per heavy atom. The molecule has 0 aliphatic carbocycles. The molecule has 0 saturated heterocycles. The Morgan fingerprint density at radius 2 is 2.11 bits per heavy atom. The molecule has 0 aliphatic rings. The summed E-state index contributed by atoms with van der Waals surface area (Å²) in [4.78, 5) is 0. The van der Waals surface area contributed by atoms with Gasteiger partial charge in [0.15, 0.2) is 11.4 Å². The largest absolute Gasteiger partial charge is 0.454 e. The molecule has 2 rings (SSSR count). The lowest BCUT2D eigenvalue weighted by Gasteiger charge is -1.71. The van der Waals surface area contributed by atoms with Crippen molar-refractivity contribution in [3.63, 3.8) is 0 Å². The van der Waals surface area contributed by atoms with Crippen LogP contribution in [-0.2, 0) is 0 Å². The molecule has 2 aromatic heterocycles. The fourth-order valence-electron chi connectivity index (χ4n) is 0.755. The summed E-state index contributed by atoms with van der Waals surface area (Å²) in [6.45, 7) is 0. The Kier molecular flexibility index (Phi) is 1.14. The van der Waals surface area contributed by atoms with Gasteiger partial charge < -0.3 is 10.6 Å². The van der Waals surface area contributed by atoms with Gasteiger partial charge in [-0.15, -0.1) is 0 Å². The van der Waals surface area contributed by atoms with Crippen molar-refractivity contribution in [2.45, 2.75) is 0 Å². The van der Waals surface area contributed by atoms with E-state index in [4.69, 9.17) is 4.42 Å². The topological polar surface area (TPSA) is 48.1 Å². The molecule has 2 heterocycles. The molecule has 0 spiro atoms. The number of benzene rings is 1. The zero-order chi connectivity index (χ0) is 5.56. The lowest BCUT2D eigenvalue weighted by atomic mass is 10.4. The van der Waals surface area contributed by atoms with Gasteiger partial charge in [-0.1, -0.05) is 0 Å². The summed E-state index contributed by atoms with van der Waals surface area (Å²) < 4.78 is 17.1. The smallest absolute Gasteiger partial charge is 0.169 e. The Morgan fingerprint density at radius 1 is 1.33 bits per heavy atom. The van der Waals surface area contributed by atoms with Crippen LogP contribution in [0.3, 0.4) is 0 Å². The molecule has 0 saturated carbocycles. The maximum atomic E-state index is 12.2. The third kappa shape index (κ3) is 0.658. The van der Waals surface area contributed by atoms with Gasteiger partial charge in [0.1, 0.15) is 5.58 Å². The molecule has 0 radical (unpaired) electrons. The number of fused-ring (bicyclic) bond motifs is 2. The van der Waals surface area contributed by atoms with Crippen molar-refractivity contribution in [3.05, 3.63) is 24.0 Å². The second-order valence-electron chi connectivity index (χ2n) is 1.69. The van der Waals surface area contributed by atoms with Crippen molar-refractivity contribution < 1.29 is 8.81 Å². The van der Waals surface area contributed by atoms with Gasteiger partial charge in [0, 0.05) is 6.07 Å². The average molecular weight is 127 g/mol. The first-order valence-corrected chi connectivity index (χ1v) is 2.34. The van der Waals surface area contributed by atoms with E-state index in [1.54, 1.807) is 12.1 Å². The highest BCUT2D eigenvalue weighted by molar-refractivity contribution is 5.60. The first-order valence-electron chi connectivity index (χ1n) is 2.34. The molecule has 2 bridgehead atoms. The zero-order valence-corrected chi connectivity index (χ0v) is 4.73.